The molecule has 1 saturated carbocycles. The second kappa shape index (κ2) is 5.63. The number of benzene rings is 1. The van der Waals surface area contributed by atoms with Crippen molar-refractivity contribution in [3.8, 4) is 0 Å². The van der Waals surface area contributed by atoms with Crippen molar-refractivity contribution in [1.29, 1.82) is 0 Å². The summed E-state index contributed by atoms with van der Waals surface area (Å²) in [6, 6.07) is 11.7. The summed E-state index contributed by atoms with van der Waals surface area (Å²) in [5, 5.41) is 2.98. The molecule has 5 nitrogen and oxygen atoms in total. The molecule has 6 heteroatoms. The van der Waals surface area contributed by atoms with Gasteiger partial charge in [0.2, 0.25) is 10.0 Å². The van der Waals surface area contributed by atoms with Crippen molar-refractivity contribution in [2.75, 3.05) is 7.05 Å². The average Bonchev–Trinajstić information content (AvgIpc) is 3.04. The van der Waals surface area contributed by atoms with Gasteiger partial charge in [0.25, 0.3) is 0 Å². The molecular weight excluding hydrogens is 286 g/mol. The molecule has 1 heterocycles. The van der Waals surface area contributed by atoms with Crippen LogP contribution < -0.4 is 10.0 Å². The van der Waals surface area contributed by atoms with Crippen LogP contribution in [0.15, 0.2) is 47.5 Å². The third kappa shape index (κ3) is 3.18. The number of aromatic amines is 1. The van der Waals surface area contributed by atoms with Crippen LogP contribution in [0, 0.1) is 0 Å². The Labute approximate surface area is 124 Å². The summed E-state index contributed by atoms with van der Waals surface area (Å²) >= 11 is 0. The smallest absolute Gasteiger partial charge is 0.242 e. The van der Waals surface area contributed by atoms with Gasteiger partial charge in [0.05, 0.1) is 4.90 Å². The predicted molar refractivity (Wildman–Crippen MR) is 81.5 cm³/mol. The van der Waals surface area contributed by atoms with Crippen LogP contribution in [0.4, 0.5) is 0 Å². The lowest BCUT2D eigenvalue weighted by Gasteiger charge is -2.04. The monoisotopic (exact) mass is 305 g/mol. The Balaban J connectivity index is 1.67. The molecule has 3 rings (SSSR count). The molecule has 0 radical (unpaired) electrons. The van der Waals surface area contributed by atoms with E-state index in [2.05, 4.69) is 15.0 Å². The van der Waals surface area contributed by atoms with Crippen LogP contribution in [0.5, 0.6) is 0 Å². The molecule has 3 N–H and O–H groups in total. The van der Waals surface area contributed by atoms with Crippen molar-refractivity contribution in [1.82, 2.24) is 15.0 Å². The Morgan fingerprint density at radius 3 is 2.76 bits per heavy atom. The quantitative estimate of drug-likeness (QED) is 0.758. The fraction of sp³-hybridized carbons (Fsp3) is 0.333. The highest BCUT2D eigenvalue weighted by Crippen LogP contribution is 2.41. The summed E-state index contributed by atoms with van der Waals surface area (Å²) in [6.45, 7) is 0.617. The summed E-state index contributed by atoms with van der Waals surface area (Å²) in [4.78, 5) is 3.27. The molecule has 0 bridgehead atoms. The van der Waals surface area contributed by atoms with Crippen LogP contribution in [-0.4, -0.2) is 26.5 Å². The molecular formula is C15H19N3O2S. The van der Waals surface area contributed by atoms with Crippen LogP contribution in [-0.2, 0) is 16.6 Å². The Bertz CT molecular complexity index is 710. The molecule has 21 heavy (non-hydrogen) atoms. The standard InChI is InChI=1S/C15H19N3O2S/c1-16-9-12-7-13(10-17-12)21(19,20)18-15-8-14(15)11-5-3-2-4-6-11/h2-7,10,14-18H,8-9H2,1H3. The van der Waals surface area contributed by atoms with Gasteiger partial charge in [-0.1, -0.05) is 30.3 Å². The van der Waals surface area contributed by atoms with Crippen LogP contribution in [0.1, 0.15) is 23.6 Å². The fourth-order valence-electron chi connectivity index (χ4n) is 2.53. The third-order valence-corrected chi connectivity index (χ3v) is 5.19. The summed E-state index contributed by atoms with van der Waals surface area (Å²) < 4.78 is 27.4. The van der Waals surface area contributed by atoms with Gasteiger partial charge >= 0.3 is 0 Å². The largest absolute Gasteiger partial charge is 0.363 e. The number of aromatic nitrogens is 1. The molecule has 1 aliphatic carbocycles. The molecule has 1 fully saturated rings. The van der Waals surface area contributed by atoms with Gasteiger partial charge in [0.1, 0.15) is 0 Å². The molecule has 0 spiro atoms. The first-order chi connectivity index (χ1) is 10.1. The Hall–Kier alpha value is -1.63. The summed E-state index contributed by atoms with van der Waals surface area (Å²) in [5.41, 5.74) is 2.04. The molecule has 0 saturated heterocycles. The van der Waals surface area contributed by atoms with Crippen molar-refractivity contribution in [3.05, 3.63) is 53.9 Å². The maximum Gasteiger partial charge on any atom is 0.242 e. The lowest BCUT2D eigenvalue weighted by Crippen LogP contribution is -2.26. The summed E-state index contributed by atoms with van der Waals surface area (Å²) in [6.07, 6.45) is 2.39. The second-order valence-electron chi connectivity index (χ2n) is 5.37. The van der Waals surface area contributed by atoms with Crippen molar-refractivity contribution in [2.45, 2.75) is 29.8 Å². The summed E-state index contributed by atoms with van der Waals surface area (Å²) in [5.74, 6) is 0.289. The zero-order valence-electron chi connectivity index (χ0n) is 11.8. The number of sulfonamides is 1. The van der Waals surface area contributed by atoms with Crippen molar-refractivity contribution in [2.24, 2.45) is 0 Å². The summed E-state index contributed by atoms with van der Waals surface area (Å²) in [7, 11) is -1.62. The molecule has 0 amide bonds. The highest BCUT2D eigenvalue weighted by Gasteiger charge is 2.41. The first-order valence-electron chi connectivity index (χ1n) is 6.99. The molecule has 1 aromatic carbocycles. The van der Waals surface area contributed by atoms with Gasteiger partial charge < -0.3 is 10.3 Å². The number of rotatable bonds is 6. The van der Waals surface area contributed by atoms with Crippen LogP contribution in [0.2, 0.25) is 0 Å². The van der Waals surface area contributed by atoms with E-state index in [1.165, 1.54) is 11.8 Å². The Morgan fingerprint density at radius 1 is 1.29 bits per heavy atom. The lowest BCUT2D eigenvalue weighted by molar-refractivity contribution is 0.580. The molecule has 1 aromatic heterocycles. The minimum absolute atomic E-state index is 0.0000464. The second-order valence-corrected chi connectivity index (χ2v) is 7.09. The minimum atomic E-state index is -3.44. The van der Waals surface area contributed by atoms with Crippen molar-refractivity contribution in [3.63, 3.8) is 0 Å². The van der Waals surface area contributed by atoms with E-state index in [1.807, 2.05) is 37.4 Å². The van der Waals surface area contributed by atoms with Gasteiger partial charge in [-0.15, -0.1) is 0 Å². The predicted octanol–water partition coefficient (Wildman–Crippen LogP) is 1.57. The van der Waals surface area contributed by atoms with Gasteiger partial charge in [-0.3, -0.25) is 0 Å². The van der Waals surface area contributed by atoms with E-state index in [-0.39, 0.29) is 12.0 Å². The molecule has 1 aliphatic rings. The normalized spacial score (nSPS) is 21.4. The number of hydrogen-bond donors (Lipinski definition) is 3. The topological polar surface area (TPSA) is 74.0 Å². The van der Waals surface area contributed by atoms with E-state index in [1.54, 1.807) is 6.07 Å². The van der Waals surface area contributed by atoms with E-state index < -0.39 is 10.0 Å². The zero-order valence-corrected chi connectivity index (χ0v) is 12.7. The number of nitrogens with one attached hydrogen (secondary N) is 3. The Kier molecular flexibility index (Phi) is 3.84. The van der Waals surface area contributed by atoms with Gasteiger partial charge in [0, 0.05) is 30.4 Å². The maximum absolute atomic E-state index is 12.3. The molecule has 0 aliphatic heterocycles. The minimum Gasteiger partial charge on any atom is -0.363 e. The average molecular weight is 305 g/mol. The fourth-order valence-corrected chi connectivity index (χ4v) is 3.83. The molecule has 2 unspecified atom stereocenters. The Morgan fingerprint density at radius 2 is 2.05 bits per heavy atom. The van der Waals surface area contributed by atoms with Crippen LogP contribution in [0.3, 0.4) is 0 Å². The number of H-pyrrole nitrogens is 1. The highest BCUT2D eigenvalue weighted by molar-refractivity contribution is 7.89. The van der Waals surface area contributed by atoms with E-state index in [9.17, 15) is 8.42 Å². The van der Waals surface area contributed by atoms with E-state index in [4.69, 9.17) is 0 Å². The van der Waals surface area contributed by atoms with Gasteiger partial charge in [-0.2, -0.15) is 0 Å². The SMILES string of the molecule is CNCc1cc(S(=O)(=O)NC2CC2c2ccccc2)c[nH]1. The van der Waals surface area contributed by atoms with Gasteiger partial charge in [-0.05, 0) is 25.1 Å². The van der Waals surface area contributed by atoms with Gasteiger partial charge in [-0.25, -0.2) is 13.1 Å². The van der Waals surface area contributed by atoms with Gasteiger partial charge in [0.15, 0.2) is 0 Å². The first kappa shape index (κ1) is 14.3. The molecule has 2 atom stereocenters. The van der Waals surface area contributed by atoms with Crippen LogP contribution in [0.25, 0.3) is 0 Å². The molecule has 112 valence electrons. The maximum atomic E-state index is 12.3. The third-order valence-electron chi connectivity index (χ3n) is 3.72. The van der Waals surface area contributed by atoms with Crippen molar-refractivity contribution < 1.29 is 8.42 Å². The van der Waals surface area contributed by atoms with E-state index in [0.717, 1.165) is 12.1 Å². The van der Waals surface area contributed by atoms with E-state index >= 15 is 0 Å². The first-order valence-corrected chi connectivity index (χ1v) is 8.47. The van der Waals surface area contributed by atoms with Crippen LogP contribution >= 0.6 is 0 Å². The lowest BCUT2D eigenvalue weighted by atomic mass is 10.1. The van der Waals surface area contributed by atoms with Crippen molar-refractivity contribution >= 4 is 10.0 Å². The zero-order chi connectivity index (χ0) is 14.9. The molecule has 2 aromatic rings. The highest BCUT2D eigenvalue weighted by atomic mass is 32.2. The van der Waals surface area contributed by atoms with E-state index in [0.29, 0.717) is 11.4 Å². The number of hydrogen-bond acceptors (Lipinski definition) is 3.